The van der Waals surface area contributed by atoms with Gasteiger partial charge in [0, 0.05) is 6.20 Å². The van der Waals surface area contributed by atoms with Crippen LogP contribution in [0.2, 0.25) is 0 Å². The zero-order chi connectivity index (χ0) is 8.85. The van der Waals surface area contributed by atoms with Crippen molar-refractivity contribution in [3.05, 3.63) is 23.1 Å². The van der Waals surface area contributed by atoms with Crippen LogP contribution in [0.25, 0.3) is 0 Å². The molecule has 11 heavy (non-hydrogen) atoms. The molecule has 0 bridgehead atoms. The lowest BCUT2D eigenvalue weighted by molar-refractivity contribution is 0.221. The van der Waals surface area contributed by atoms with Gasteiger partial charge in [0.2, 0.25) is 0 Å². The van der Waals surface area contributed by atoms with Crippen molar-refractivity contribution < 1.29 is 4.84 Å². The lowest BCUT2D eigenvalue weighted by atomic mass is 10.2. The molecule has 0 saturated heterocycles. The predicted molar refractivity (Wildman–Crippen MR) is 45.1 cm³/mol. The largest absolute Gasteiger partial charge is 0.417 e. The fourth-order valence-corrected chi connectivity index (χ4v) is 0.546. The lowest BCUT2D eigenvalue weighted by Gasteiger charge is -2.05. The highest BCUT2D eigenvalue weighted by Crippen LogP contribution is 2.06. The Balaban J connectivity index is 4.16. The Morgan fingerprint density at radius 3 is 2.55 bits per heavy atom. The molecular formula is C6H12ClN3O. The molecule has 0 aliphatic heterocycles. The van der Waals surface area contributed by atoms with E-state index < -0.39 is 6.04 Å². The quantitative estimate of drug-likeness (QED) is 0.423. The van der Waals surface area contributed by atoms with Gasteiger partial charge in [-0.15, -0.1) is 0 Å². The van der Waals surface area contributed by atoms with E-state index in [2.05, 4.69) is 4.84 Å². The third kappa shape index (κ3) is 3.87. The van der Waals surface area contributed by atoms with Crippen molar-refractivity contribution in [1.29, 1.82) is 0 Å². The Bertz CT molecular complexity index is 179. The standard InChI is InChI=1S/C6H12ClN3O/c1-4(11-10)2-6(9)5(7)3-8/h2-3,6H,8-10H2,1H3/b4-2+,5-3-. The second-order valence-corrected chi connectivity index (χ2v) is 2.41. The first-order valence-electron chi connectivity index (χ1n) is 2.99. The minimum Gasteiger partial charge on any atom is -0.417 e. The SMILES string of the molecule is C/C(=C\C(N)/C(Cl)=C/N)ON. The maximum Gasteiger partial charge on any atom is 0.118 e. The number of hydrogen-bond acceptors (Lipinski definition) is 4. The fraction of sp³-hybridized carbons (Fsp3) is 0.333. The van der Waals surface area contributed by atoms with Crippen LogP contribution in [-0.4, -0.2) is 6.04 Å². The third-order valence-electron chi connectivity index (χ3n) is 1.08. The molecule has 0 aromatic rings. The van der Waals surface area contributed by atoms with Crippen molar-refractivity contribution in [3.8, 4) is 0 Å². The zero-order valence-electron chi connectivity index (χ0n) is 6.25. The normalized spacial score (nSPS) is 16.4. The molecule has 5 heteroatoms. The minimum atomic E-state index is -0.454. The van der Waals surface area contributed by atoms with Crippen molar-refractivity contribution in [3.63, 3.8) is 0 Å². The number of nitrogens with two attached hydrogens (primary N) is 3. The van der Waals surface area contributed by atoms with Gasteiger partial charge in [-0.05, 0) is 13.0 Å². The van der Waals surface area contributed by atoms with Gasteiger partial charge in [0.1, 0.15) is 5.76 Å². The molecule has 0 radical (unpaired) electrons. The average Bonchev–Trinajstić information content (AvgIpc) is 2.02. The molecule has 0 rings (SSSR count). The molecule has 0 aromatic heterocycles. The maximum atomic E-state index is 5.59. The Kier molecular flexibility index (Phi) is 4.69. The number of hydrogen-bond donors (Lipinski definition) is 3. The summed E-state index contributed by atoms with van der Waals surface area (Å²) in [6, 6.07) is -0.454. The number of allylic oxidation sites excluding steroid dienone is 1. The van der Waals surface area contributed by atoms with Gasteiger partial charge in [-0.2, -0.15) is 5.90 Å². The van der Waals surface area contributed by atoms with E-state index >= 15 is 0 Å². The molecule has 0 saturated carbocycles. The topological polar surface area (TPSA) is 87.3 Å². The van der Waals surface area contributed by atoms with Crippen LogP contribution in [0.15, 0.2) is 23.1 Å². The molecule has 0 fully saturated rings. The highest BCUT2D eigenvalue weighted by atomic mass is 35.5. The highest BCUT2D eigenvalue weighted by Gasteiger charge is 2.02. The minimum absolute atomic E-state index is 0.349. The fourth-order valence-electron chi connectivity index (χ4n) is 0.483. The maximum absolute atomic E-state index is 5.59. The van der Waals surface area contributed by atoms with E-state index in [4.69, 9.17) is 29.0 Å². The van der Waals surface area contributed by atoms with Crippen LogP contribution in [0.3, 0.4) is 0 Å². The van der Waals surface area contributed by atoms with Crippen molar-refractivity contribution >= 4 is 11.6 Å². The van der Waals surface area contributed by atoms with Crippen LogP contribution in [0.4, 0.5) is 0 Å². The van der Waals surface area contributed by atoms with Gasteiger partial charge in [0.05, 0.1) is 11.1 Å². The molecule has 0 aliphatic carbocycles. The third-order valence-corrected chi connectivity index (χ3v) is 1.46. The second-order valence-electron chi connectivity index (χ2n) is 1.97. The van der Waals surface area contributed by atoms with Crippen molar-refractivity contribution in [2.45, 2.75) is 13.0 Å². The van der Waals surface area contributed by atoms with Crippen LogP contribution < -0.4 is 17.4 Å². The zero-order valence-corrected chi connectivity index (χ0v) is 7.01. The van der Waals surface area contributed by atoms with Crippen LogP contribution in [0, 0.1) is 0 Å². The number of rotatable bonds is 3. The van der Waals surface area contributed by atoms with Gasteiger partial charge in [-0.25, -0.2) is 0 Å². The van der Waals surface area contributed by atoms with Gasteiger partial charge in [-0.3, -0.25) is 0 Å². The first kappa shape index (κ1) is 10.3. The summed E-state index contributed by atoms with van der Waals surface area (Å²) in [5.74, 6) is 5.34. The molecule has 0 spiro atoms. The first-order valence-corrected chi connectivity index (χ1v) is 3.37. The van der Waals surface area contributed by atoms with E-state index in [1.165, 1.54) is 6.20 Å². The Morgan fingerprint density at radius 2 is 2.18 bits per heavy atom. The van der Waals surface area contributed by atoms with Gasteiger partial charge < -0.3 is 16.3 Å². The molecule has 0 amide bonds. The summed E-state index contributed by atoms with van der Waals surface area (Å²) >= 11 is 5.59. The smallest absolute Gasteiger partial charge is 0.118 e. The van der Waals surface area contributed by atoms with Gasteiger partial charge >= 0.3 is 0 Å². The molecule has 6 N–H and O–H groups in total. The highest BCUT2D eigenvalue weighted by molar-refractivity contribution is 6.30. The van der Waals surface area contributed by atoms with Gasteiger partial charge in [0.25, 0.3) is 0 Å². The van der Waals surface area contributed by atoms with Crippen molar-refractivity contribution in [2.24, 2.45) is 17.4 Å². The van der Waals surface area contributed by atoms with E-state index in [-0.39, 0.29) is 0 Å². The summed E-state index contributed by atoms with van der Waals surface area (Å²) in [6.07, 6.45) is 2.79. The summed E-state index contributed by atoms with van der Waals surface area (Å²) in [6.45, 7) is 1.67. The van der Waals surface area contributed by atoms with Crippen LogP contribution >= 0.6 is 11.6 Å². The lowest BCUT2D eigenvalue weighted by Crippen LogP contribution is -2.19. The van der Waals surface area contributed by atoms with Crippen molar-refractivity contribution in [2.75, 3.05) is 0 Å². The molecular weight excluding hydrogens is 166 g/mol. The monoisotopic (exact) mass is 177 g/mol. The summed E-state index contributed by atoms with van der Waals surface area (Å²) < 4.78 is 0. The van der Waals surface area contributed by atoms with E-state index in [1.54, 1.807) is 13.0 Å². The molecule has 0 heterocycles. The molecule has 0 aromatic carbocycles. The Labute approximate surface area is 70.6 Å². The number of halogens is 1. The summed E-state index contributed by atoms with van der Waals surface area (Å²) in [4.78, 5) is 4.37. The summed E-state index contributed by atoms with van der Waals surface area (Å²) in [7, 11) is 0. The van der Waals surface area contributed by atoms with Crippen molar-refractivity contribution in [1.82, 2.24) is 0 Å². The van der Waals surface area contributed by atoms with Crippen LogP contribution in [0.1, 0.15) is 6.92 Å². The molecule has 64 valence electrons. The van der Waals surface area contributed by atoms with Crippen LogP contribution in [0.5, 0.6) is 0 Å². The van der Waals surface area contributed by atoms with E-state index in [0.717, 1.165) is 0 Å². The van der Waals surface area contributed by atoms with E-state index in [0.29, 0.717) is 10.8 Å². The summed E-state index contributed by atoms with van der Waals surface area (Å²) in [5.41, 5.74) is 10.6. The van der Waals surface area contributed by atoms with E-state index in [9.17, 15) is 0 Å². The molecule has 4 nitrogen and oxygen atoms in total. The first-order chi connectivity index (χ1) is 5.11. The molecule has 0 aliphatic rings. The van der Waals surface area contributed by atoms with Gasteiger partial charge in [0.15, 0.2) is 0 Å². The molecule has 1 atom stereocenters. The summed E-state index contributed by atoms with van der Waals surface area (Å²) in [5, 5.41) is 0.349. The van der Waals surface area contributed by atoms with E-state index in [1.807, 2.05) is 0 Å². The van der Waals surface area contributed by atoms with Crippen LogP contribution in [-0.2, 0) is 4.84 Å². The van der Waals surface area contributed by atoms with Gasteiger partial charge in [-0.1, -0.05) is 11.6 Å². The second kappa shape index (κ2) is 5.01. The molecule has 1 unspecified atom stereocenters. The predicted octanol–water partition coefficient (Wildman–Crippen LogP) is 0.147. The Hall–Kier alpha value is -0.710. The Morgan fingerprint density at radius 1 is 1.64 bits per heavy atom. The average molecular weight is 178 g/mol.